The second-order valence-corrected chi connectivity index (χ2v) is 3.18. The molecule has 1 rings (SSSR count). The number of benzene rings is 1. The van der Waals surface area contributed by atoms with Crippen molar-refractivity contribution in [1.82, 2.24) is 4.90 Å². The van der Waals surface area contributed by atoms with E-state index in [1.54, 1.807) is 11.0 Å². The van der Waals surface area contributed by atoms with Crippen molar-refractivity contribution in [3.8, 4) is 0 Å². The lowest BCUT2D eigenvalue weighted by Crippen LogP contribution is -2.35. The van der Waals surface area contributed by atoms with Crippen molar-refractivity contribution in [2.75, 3.05) is 19.6 Å². The lowest BCUT2D eigenvalue weighted by Gasteiger charge is -2.19. The van der Waals surface area contributed by atoms with Crippen LogP contribution in [0.3, 0.4) is 0 Å². The third kappa shape index (κ3) is 3.02. The molecule has 1 aromatic rings. The third-order valence-corrected chi connectivity index (χ3v) is 2.14. The first-order chi connectivity index (χ1) is 7.19. The molecule has 2 N–H and O–H groups in total. The summed E-state index contributed by atoms with van der Waals surface area (Å²) in [5.41, 5.74) is 5.75. The van der Waals surface area contributed by atoms with Gasteiger partial charge in [-0.2, -0.15) is 0 Å². The molecule has 0 heterocycles. The van der Waals surface area contributed by atoms with Gasteiger partial charge in [0.15, 0.2) is 0 Å². The summed E-state index contributed by atoms with van der Waals surface area (Å²) in [7, 11) is 0. The van der Waals surface area contributed by atoms with E-state index < -0.39 is 5.82 Å². The van der Waals surface area contributed by atoms with Crippen LogP contribution in [0.4, 0.5) is 4.39 Å². The van der Waals surface area contributed by atoms with Gasteiger partial charge in [0.2, 0.25) is 0 Å². The van der Waals surface area contributed by atoms with Crippen molar-refractivity contribution in [2.24, 2.45) is 5.73 Å². The van der Waals surface area contributed by atoms with Crippen LogP contribution in [-0.2, 0) is 0 Å². The van der Waals surface area contributed by atoms with Gasteiger partial charge in [0.25, 0.3) is 5.91 Å². The molecule has 4 heteroatoms. The predicted octanol–water partition coefficient (Wildman–Crippen LogP) is 1.25. The third-order valence-electron chi connectivity index (χ3n) is 2.14. The van der Waals surface area contributed by atoms with Crippen LogP contribution in [0, 0.1) is 5.82 Å². The summed E-state index contributed by atoms with van der Waals surface area (Å²) in [5, 5.41) is 0. The number of amides is 1. The predicted molar refractivity (Wildman–Crippen MR) is 57.0 cm³/mol. The van der Waals surface area contributed by atoms with Crippen LogP contribution in [0.25, 0.3) is 0 Å². The summed E-state index contributed by atoms with van der Waals surface area (Å²) in [6.45, 7) is 3.35. The maximum absolute atomic E-state index is 12.9. The first-order valence-corrected chi connectivity index (χ1v) is 4.94. The molecule has 0 radical (unpaired) electrons. The molecular weight excluding hydrogens is 195 g/mol. The average Bonchev–Trinajstić information content (AvgIpc) is 2.25. The molecule has 0 atom stereocenters. The van der Waals surface area contributed by atoms with Gasteiger partial charge >= 0.3 is 0 Å². The second kappa shape index (κ2) is 5.46. The Morgan fingerprint density at radius 2 is 2.27 bits per heavy atom. The Bertz CT molecular complexity index is 341. The van der Waals surface area contributed by atoms with Crippen LogP contribution in [0.2, 0.25) is 0 Å². The van der Waals surface area contributed by atoms with E-state index in [0.29, 0.717) is 25.2 Å². The number of rotatable bonds is 4. The summed E-state index contributed by atoms with van der Waals surface area (Å²) in [5.74, 6) is -0.577. The van der Waals surface area contributed by atoms with Crippen molar-refractivity contribution >= 4 is 5.91 Å². The van der Waals surface area contributed by atoms with Crippen LogP contribution in [0.5, 0.6) is 0 Å². The molecule has 15 heavy (non-hydrogen) atoms. The van der Waals surface area contributed by atoms with Gasteiger partial charge in [-0.25, -0.2) is 4.39 Å². The Labute approximate surface area is 88.7 Å². The molecule has 0 aromatic heterocycles. The minimum Gasteiger partial charge on any atom is -0.338 e. The number of carbonyl (C=O) groups excluding carboxylic acids is 1. The smallest absolute Gasteiger partial charge is 0.253 e. The fourth-order valence-corrected chi connectivity index (χ4v) is 1.36. The monoisotopic (exact) mass is 210 g/mol. The average molecular weight is 210 g/mol. The van der Waals surface area contributed by atoms with Crippen molar-refractivity contribution in [3.63, 3.8) is 0 Å². The number of halogens is 1. The van der Waals surface area contributed by atoms with E-state index in [4.69, 9.17) is 5.73 Å². The molecular formula is C11H15FN2O. The molecule has 0 saturated carbocycles. The zero-order valence-electron chi connectivity index (χ0n) is 8.74. The van der Waals surface area contributed by atoms with E-state index in [2.05, 4.69) is 0 Å². The topological polar surface area (TPSA) is 46.3 Å². The van der Waals surface area contributed by atoms with Gasteiger partial charge in [-0.05, 0) is 25.1 Å². The maximum atomic E-state index is 12.9. The fourth-order valence-electron chi connectivity index (χ4n) is 1.36. The number of nitrogens with zero attached hydrogens (tertiary/aromatic N) is 1. The standard InChI is InChI=1S/C11H15FN2O/c1-2-14(7-6-13)11(15)9-4-3-5-10(12)8-9/h3-5,8H,2,6-7,13H2,1H3. The molecule has 0 aliphatic carbocycles. The first kappa shape index (κ1) is 11.7. The molecule has 0 fully saturated rings. The molecule has 0 saturated heterocycles. The molecule has 0 spiro atoms. The van der Waals surface area contributed by atoms with E-state index >= 15 is 0 Å². The van der Waals surface area contributed by atoms with Gasteiger partial charge in [0, 0.05) is 25.2 Å². The van der Waals surface area contributed by atoms with Crippen LogP contribution in [-0.4, -0.2) is 30.4 Å². The highest BCUT2D eigenvalue weighted by Crippen LogP contribution is 2.07. The Morgan fingerprint density at radius 3 is 2.80 bits per heavy atom. The summed E-state index contributed by atoms with van der Waals surface area (Å²) >= 11 is 0. The molecule has 0 unspecified atom stereocenters. The van der Waals surface area contributed by atoms with Gasteiger partial charge in [-0.3, -0.25) is 4.79 Å². The molecule has 0 bridgehead atoms. The van der Waals surface area contributed by atoms with E-state index in [0.717, 1.165) is 0 Å². The van der Waals surface area contributed by atoms with E-state index in [1.165, 1.54) is 18.2 Å². The summed E-state index contributed by atoms with van der Waals surface area (Å²) in [4.78, 5) is 13.4. The lowest BCUT2D eigenvalue weighted by molar-refractivity contribution is 0.0768. The molecule has 82 valence electrons. The zero-order chi connectivity index (χ0) is 11.3. The fraction of sp³-hybridized carbons (Fsp3) is 0.364. The number of hydrogen-bond acceptors (Lipinski definition) is 2. The van der Waals surface area contributed by atoms with E-state index in [1.807, 2.05) is 6.92 Å². The number of nitrogens with two attached hydrogens (primary N) is 1. The van der Waals surface area contributed by atoms with Gasteiger partial charge in [0.05, 0.1) is 0 Å². The van der Waals surface area contributed by atoms with Crippen molar-refractivity contribution in [1.29, 1.82) is 0 Å². The zero-order valence-corrected chi connectivity index (χ0v) is 8.74. The highest BCUT2D eigenvalue weighted by molar-refractivity contribution is 5.94. The Hall–Kier alpha value is -1.42. The van der Waals surface area contributed by atoms with Crippen LogP contribution >= 0.6 is 0 Å². The summed E-state index contributed by atoms with van der Waals surface area (Å²) in [6, 6.07) is 5.68. The SMILES string of the molecule is CCN(CCN)C(=O)c1cccc(F)c1. The number of likely N-dealkylation sites (N-methyl/N-ethyl adjacent to an activating group) is 1. The molecule has 1 aromatic carbocycles. The second-order valence-electron chi connectivity index (χ2n) is 3.18. The summed E-state index contributed by atoms with van der Waals surface area (Å²) < 4.78 is 12.9. The maximum Gasteiger partial charge on any atom is 0.253 e. The van der Waals surface area contributed by atoms with Gasteiger partial charge in [-0.1, -0.05) is 6.07 Å². The summed E-state index contributed by atoms with van der Waals surface area (Å²) in [6.07, 6.45) is 0. The Balaban J connectivity index is 2.82. The van der Waals surface area contributed by atoms with Crippen LogP contribution in [0.15, 0.2) is 24.3 Å². The van der Waals surface area contributed by atoms with Gasteiger partial charge in [-0.15, -0.1) is 0 Å². The Morgan fingerprint density at radius 1 is 1.53 bits per heavy atom. The quantitative estimate of drug-likeness (QED) is 0.812. The van der Waals surface area contributed by atoms with E-state index in [9.17, 15) is 9.18 Å². The minimum absolute atomic E-state index is 0.178. The number of hydrogen-bond donors (Lipinski definition) is 1. The first-order valence-electron chi connectivity index (χ1n) is 4.94. The van der Waals surface area contributed by atoms with Crippen LogP contribution in [0.1, 0.15) is 17.3 Å². The molecule has 0 aliphatic rings. The van der Waals surface area contributed by atoms with Crippen molar-refractivity contribution < 1.29 is 9.18 Å². The largest absolute Gasteiger partial charge is 0.338 e. The van der Waals surface area contributed by atoms with E-state index in [-0.39, 0.29) is 5.91 Å². The molecule has 1 amide bonds. The lowest BCUT2D eigenvalue weighted by atomic mass is 10.2. The Kier molecular flexibility index (Phi) is 4.24. The highest BCUT2D eigenvalue weighted by atomic mass is 19.1. The van der Waals surface area contributed by atoms with Crippen molar-refractivity contribution in [2.45, 2.75) is 6.92 Å². The molecule has 3 nitrogen and oxygen atoms in total. The normalized spacial score (nSPS) is 10.1. The van der Waals surface area contributed by atoms with Gasteiger partial charge in [0.1, 0.15) is 5.82 Å². The minimum atomic E-state index is -0.398. The molecule has 0 aliphatic heterocycles. The van der Waals surface area contributed by atoms with Crippen LogP contribution < -0.4 is 5.73 Å². The highest BCUT2D eigenvalue weighted by Gasteiger charge is 2.13. The van der Waals surface area contributed by atoms with Crippen molar-refractivity contribution in [3.05, 3.63) is 35.6 Å². The van der Waals surface area contributed by atoms with Gasteiger partial charge < -0.3 is 10.6 Å². The number of carbonyl (C=O) groups is 1.